The molecule has 1 amide bonds. The van der Waals surface area contributed by atoms with Crippen LogP contribution in [0.1, 0.15) is 22.8 Å². The van der Waals surface area contributed by atoms with E-state index in [9.17, 15) is 9.90 Å². The van der Waals surface area contributed by atoms with Crippen LogP contribution in [-0.2, 0) is 13.5 Å². The average Bonchev–Trinajstić information content (AvgIpc) is 2.78. The van der Waals surface area contributed by atoms with Gasteiger partial charge in [-0.1, -0.05) is 6.92 Å². The zero-order chi connectivity index (χ0) is 13.1. The van der Waals surface area contributed by atoms with Crippen molar-refractivity contribution in [3.8, 4) is 5.75 Å². The maximum absolute atomic E-state index is 12.0. The van der Waals surface area contributed by atoms with Crippen LogP contribution < -0.4 is 5.32 Å². The van der Waals surface area contributed by atoms with Gasteiger partial charge in [-0.25, -0.2) is 0 Å². The van der Waals surface area contributed by atoms with E-state index in [1.54, 1.807) is 36.1 Å². The molecule has 94 valence electrons. The minimum absolute atomic E-state index is 0.200. The number of anilines is 1. The molecule has 2 rings (SSSR count). The van der Waals surface area contributed by atoms with Crippen LogP contribution in [0.5, 0.6) is 5.75 Å². The molecule has 0 saturated heterocycles. The number of amides is 1. The fourth-order valence-corrected chi connectivity index (χ4v) is 1.73. The van der Waals surface area contributed by atoms with Crippen LogP contribution in [0, 0.1) is 0 Å². The molecular weight excluding hydrogens is 230 g/mol. The Morgan fingerprint density at radius 2 is 2.28 bits per heavy atom. The zero-order valence-electron chi connectivity index (χ0n) is 10.3. The number of nitrogens with zero attached hydrogens (tertiary/aromatic N) is 2. The summed E-state index contributed by atoms with van der Waals surface area (Å²) in [6.07, 6.45) is 3.90. The maximum Gasteiger partial charge on any atom is 0.258 e. The Labute approximate surface area is 105 Å². The van der Waals surface area contributed by atoms with E-state index in [4.69, 9.17) is 0 Å². The molecule has 0 bridgehead atoms. The lowest BCUT2D eigenvalue weighted by atomic mass is 10.1. The number of hydrogen-bond acceptors (Lipinski definition) is 3. The summed E-state index contributed by atoms with van der Waals surface area (Å²) in [5.41, 5.74) is 2.11. The van der Waals surface area contributed by atoms with Gasteiger partial charge in [0.15, 0.2) is 0 Å². The van der Waals surface area contributed by atoms with Crippen LogP contribution in [0.15, 0.2) is 30.6 Å². The van der Waals surface area contributed by atoms with Crippen molar-refractivity contribution < 1.29 is 9.90 Å². The quantitative estimate of drug-likeness (QED) is 0.812. The Morgan fingerprint density at radius 1 is 1.50 bits per heavy atom. The van der Waals surface area contributed by atoms with Crippen molar-refractivity contribution in [2.75, 3.05) is 5.32 Å². The van der Waals surface area contributed by atoms with Gasteiger partial charge in [0.25, 0.3) is 5.91 Å². The predicted molar refractivity (Wildman–Crippen MR) is 68.6 cm³/mol. The van der Waals surface area contributed by atoms with E-state index in [0.29, 0.717) is 11.3 Å². The summed E-state index contributed by atoms with van der Waals surface area (Å²) in [5, 5.41) is 16.2. The largest absolute Gasteiger partial charge is 0.508 e. The lowest BCUT2D eigenvalue weighted by Gasteiger charge is -2.09. The highest BCUT2D eigenvalue weighted by Gasteiger charge is 2.10. The first-order valence-electron chi connectivity index (χ1n) is 5.72. The van der Waals surface area contributed by atoms with Gasteiger partial charge in [0, 0.05) is 18.9 Å². The molecule has 0 saturated carbocycles. The Kier molecular flexibility index (Phi) is 3.32. The lowest BCUT2D eigenvalue weighted by molar-refractivity contribution is 0.102. The molecule has 0 aliphatic rings. The third kappa shape index (κ3) is 2.51. The smallest absolute Gasteiger partial charge is 0.258 e. The van der Waals surface area contributed by atoms with Crippen molar-refractivity contribution in [1.82, 2.24) is 9.78 Å². The van der Waals surface area contributed by atoms with Gasteiger partial charge < -0.3 is 10.4 Å². The van der Waals surface area contributed by atoms with Crippen molar-refractivity contribution in [2.24, 2.45) is 7.05 Å². The number of aromatic hydroxyl groups is 1. The minimum atomic E-state index is -0.205. The van der Waals surface area contributed by atoms with Crippen LogP contribution in [0.4, 0.5) is 5.69 Å². The van der Waals surface area contributed by atoms with Crippen molar-refractivity contribution in [3.63, 3.8) is 0 Å². The Morgan fingerprint density at radius 3 is 2.89 bits per heavy atom. The van der Waals surface area contributed by atoms with Gasteiger partial charge in [0.2, 0.25) is 0 Å². The molecule has 18 heavy (non-hydrogen) atoms. The summed E-state index contributed by atoms with van der Waals surface area (Å²) >= 11 is 0. The molecule has 0 fully saturated rings. The number of nitrogens with one attached hydrogen (secondary N) is 1. The van der Waals surface area contributed by atoms with Crippen molar-refractivity contribution >= 4 is 11.6 Å². The van der Waals surface area contributed by atoms with Crippen molar-refractivity contribution in [2.45, 2.75) is 13.3 Å². The minimum Gasteiger partial charge on any atom is -0.508 e. The monoisotopic (exact) mass is 245 g/mol. The van der Waals surface area contributed by atoms with E-state index in [0.717, 1.165) is 12.0 Å². The number of carbonyl (C=O) groups is 1. The fourth-order valence-electron chi connectivity index (χ4n) is 1.73. The Hall–Kier alpha value is -2.30. The van der Waals surface area contributed by atoms with Crippen LogP contribution >= 0.6 is 0 Å². The molecule has 2 N–H and O–H groups in total. The van der Waals surface area contributed by atoms with Gasteiger partial charge in [-0.15, -0.1) is 0 Å². The molecule has 0 aliphatic carbocycles. The lowest BCUT2D eigenvalue weighted by Crippen LogP contribution is -2.12. The number of rotatable bonds is 3. The summed E-state index contributed by atoms with van der Waals surface area (Å²) in [6.45, 7) is 1.97. The summed E-state index contributed by atoms with van der Waals surface area (Å²) < 4.78 is 1.58. The molecule has 0 aliphatic heterocycles. The molecule has 1 aromatic carbocycles. The highest BCUT2D eigenvalue weighted by Crippen LogP contribution is 2.22. The van der Waals surface area contributed by atoms with Crippen LogP contribution in [0.3, 0.4) is 0 Å². The molecule has 0 radical (unpaired) electrons. The first-order valence-corrected chi connectivity index (χ1v) is 5.72. The maximum atomic E-state index is 12.0. The molecule has 1 aromatic heterocycles. The number of aryl methyl sites for hydroxylation is 2. The van der Waals surface area contributed by atoms with Crippen molar-refractivity contribution in [3.05, 3.63) is 41.7 Å². The molecule has 0 unspecified atom stereocenters. The summed E-state index contributed by atoms with van der Waals surface area (Å²) in [4.78, 5) is 12.0. The highest BCUT2D eigenvalue weighted by atomic mass is 16.3. The third-order valence-electron chi connectivity index (χ3n) is 2.68. The summed E-state index contributed by atoms with van der Waals surface area (Å²) in [6, 6.07) is 4.90. The summed E-state index contributed by atoms with van der Waals surface area (Å²) in [5.74, 6) is -0.00489. The fraction of sp³-hybridized carbons (Fsp3) is 0.231. The number of phenolic OH excluding ortho intramolecular Hbond substituents is 1. The zero-order valence-corrected chi connectivity index (χ0v) is 10.3. The number of hydrogen-bond donors (Lipinski definition) is 2. The van der Waals surface area contributed by atoms with Gasteiger partial charge in [0.05, 0.1) is 11.8 Å². The second-order valence-electron chi connectivity index (χ2n) is 4.05. The number of carbonyl (C=O) groups excluding carboxylic acids is 1. The molecule has 0 atom stereocenters. The van der Waals surface area contributed by atoms with E-state index < -0.39 is 0 Å². The standard InChI is InChI=1S/C13H15N3O2/c1-3-9-6-11(17)4-5-12(9)15-13(18)10-7-14-16(2)8-10/h4-8,17H,3H2,1-2H3,(H,15,18). The summed E-state index contributed by atoms with van der Waals surface area (Å²) in [7, 11) is 1.76. The van der Waals surface area contributed by atoms with Gasteiger partial charge in [-0.05, 0) is 30.2 Å². The van der Waals surface area contributed by atoms with Crippen LogP contribution in [0.2, 0.25) is 0 Å². The van der Waals surface area contributed by atoms with Crippen molar-refractivity contribution in [1.29, 1.82) is 0 Å². The molecule has 0 spiro atoms. The highest BCUT2D eigenvalue weighted by molar-refractivity contribution is 6.04. The molecule has 1 heterocycles. The molecular formula is C13H15N3O2. The average molecular weight is 245 g/mol. The van der Waals surface area contributed by atoms with Gasteiger partial charge in [0.1, 0.15) is 5.75 Å². The second-order valence-corrected chi connectivity index (χ2v) is 4.05. The van der Waals surface area contributed by atoms with E-state index >= 15 is 0 Å². The molecule has 5 nitrogen and oxygen atoms in total. The normalized spacial score (nSPS) is 10.3. The SMILES string of the molecule is CCc1cc(O)ccc1NC(=O)c1cnn(C)c1. The third-order valence-corrected chi connectivity index (χ3v) is 2.68. The first-order chi connectivity index (χ1) is 8.60. The van der Waals surface area contributed by atoms with Crippen LogP contribution in [0.25, 0.3) is 0 Å². The number of phenols is 1. The molecule has 2 aromatic rings. The number of aromatic nitrogens is 2. The van der Waals surface area contributed by atoms with Gasteiger partial charge in [-0.3, -0.25) is 9.48 Å². The Bertz CT molecular complexity index is 575. The topological polar surface area (TPSA) is 67.2 Å². The molecule has 5 heteroatoms. The van der Waals surface area contributed by atoms with Gasteiger partial charge in [-0.2, -0.15) is 5.10 Å². The second kappa shape index (κ2) is 4.91. The predicted octanol–water partition coefficient (Wildman–Crippen LogP) is 1.94. The first kappa shape index (κ1) is 12.2. The van der Waals surface area contributed by atoms with Gasteiger partial charge >= 0.3 is 0 Å². The number of benzene rings is 1. The Balaban J connectivity index is 2.21. The van der Waals surface area contributed by atoms with E-state index in [2.05, 4.69) is 10.4 Å². The van der Waals surface area contributed by atoms with Crippen LogP contribution in [-0.4, -0.2) is 20.8 Å². The van der Waals surface area contributed by atoms with E-state index in [1.807, 2.05) is 6.92 Å². The van der Waals surface area contributed by atoms with E-state index in [1.165, 1.54) is 6.20 Å². The van der Waals surface area contributed by atoms with E-state index in [-0.39, 0.29) is 11.7 Å².